The molecule has 0 bridgehead atoms. The minimum absolute atomic E-state index is 0.0721. The Bertz CT molecular complexity index is 388. The largest absolute Gasteiger partial charge is 0.415 e. The third kappa shape index (κ3) is 6.68. The van der Waals surface area contributed by atoms with Crippen LogP contribution in [0.3, 0.4) is 0 Å². The van der Waals surface area contributed by atoms with Crippen LogP contribution in [0.4, 0.5) is 0 Å². The van der Waals surface area contributed by atoms with E-state index in [1.54, 1.807) is 6.08 Å². The smallest absolute Gasteiger partial charge is 0.200 e. The van der Waals surface area contributed by atoms with Gasteiger partial charge in [0.1, 0.15) is 0 Å². The lowest BCUT2D eigenvalue weighted by Crippen LogP contribution is -2.48. The van der Waals surface area contributed by atoms with Crippen LogP contribution in [0.2, 0.25) is 16.6 Å². The molecular formula is C21H40O2Si. The van der Waals surface area contributed by atoms with Gasteiger partial charge >= 0.3 is 0 Å². The summed E-state index contributed by atoms with van der Waals surface area (Å²) < 4.78 is 6.60. The number of allylic oxidation sites excluding steroid dienone is 2. The predicted octanol–water partition coefficient (Wildman–Crippen LogP) is 6.54. The van der Waals surface area contributed by atoms with Crippen LogP contribution >= 0.6 is 0 Å². The van der Waals surface area contributed by atoms with Crippen molar-refractivity contribution in [1.29, 1.82) is 0 Å². The summed E-state index contributed by atoms with van der Waals surface area (Å²) in [5.74, 6) is 0.551. The summed E-state index contributed by atoms with van der Waals surface area (Å²) in [5.41, 5.74) is 1.78. The van der Waals surface area contributed by atoms with E-state index in [0.717, 1.165) is 12.8 Å². The number of ketones is 1. The van der Waals surface area contributed by atoms with Crippen LogP contribution < -0.4 is 0 Å². The van der Waals surface area contributed by atoms with Crippen LogP contribution in [0.25, 0.3) is 0 Å². The quantitative estimate of drug-likeness (QED) is 0.226. The molecule has 0 aromatic carbocycles. The van der Waals surface area contributed by atoms with Crippen molar-refractivity contribution in [2.45, 2.75) is 84.9 Å². The van der Waals surface area contributed by atoms with Gasteiger partial charge in [0.2, 0.25) is 0 Å². The number of hydrogen-bond acceptors (Lipinski definition) is 2. The topological polar surface area (TPSA) is 26.3 Å². The third-order valence-corrected chi connectivity index (χ3v) is 11.3. The molecule has 2 nitrogen and oxygen atoms in total. The maximum absolute atomic E-state index is 12.1. The normalized spacial score (nSPS) is 15.5. The van der Waals surface area contributed by atoms with E-state index in [1.807, 2.05) is 19.1 Å². The predicted molar refractivity (Wildman–Crippen MR) is 109 cm³/mol. The fourth-order valence-electron chi connectivity index (χ4n) is 3.76. The first-order chi connectivity index (χ1) is 11.1. The van der Waals surface area contributed by atoms with Crippen LogP contribution in [0.1, 0.15) is 68.2 Å². The lowest BCUT2D eigenvalue weighted by atomic mass is 9.99. The van der Waals surface area contributed by atoms with Gasteiger partial charge in [-0.2, -0.15) is 0 Å². The average Bonchev–Trinajstić information content (AvgIpc) is 2.49. The van der Waals surface area contributed by atoms with E-state index in [0.29, 0.717) is 23.2 Å². The Morgan fingerprint density at radius 1 is 1.00 bits per heavy atom. The van der Waals surface area contributed by atoms with Gasteiger partial charge in [-0.3, -0.25) is 4.79 Å². The van der Waals surface area contributed by atoms with E-state index < -0.39 is 8.32 Å². The van der Waals surface area contributed by atoms with E-state index in [-0.39, 0.29) is 17.6 Å². The maximum atomic E-state index is 12.1. The number of hydrogen-bond donors (Lipinski definition) is 0. The van der Waals surface area contributed by atoms with Gasteiger partial charge in [0, 0.05) is 12.5 Å². The van der Waals surface area contributed by atoms with E-state index in [4.69, 9.17) is 4.43 Å². The first kappa shape index (κ1) is 23.3. The zero-order valence-electron chi connectivity index (χ0n) is 17.3. The van der Waals surface area contributed by atoms with Gasteiger partial charge in [-0.1, -0.05) is 67.5 Å². The van der Waals surface area contributed by atoms with Crippen molar-refractivity contribution in [2.24, 2.45) is 11.8 Å². The highest BCUT2D eigenvalue weighted by Crippen LogP contribution is 2.42. The lowest BCUT2D eigenvalue weighted by Gasteiger charge is -2.42. The average molecular weight is 353 g/mol. The molecule has 3 heteroatoms. The second-order valence-corrected chi connectivity index (χ2v) is 13.6. The molecule has 0 fully saturated rings. The van der Waals surface area contributed by atoms with Crippen LogP contribution in [-0.4, -0.2) is 20.7 Å². The van der Waals surface area contributed by atoms with Gasteiger partial charge in [0.05, 0.1) is 0 Å². The number of rotatable bonds is 12. The summed E-state index contributed by atoms with van der Waals surface area (Å²) in [6, 6.07) is 0. The molecule has 0 saturated heterocycles. The van der Waals surface area contributed by atoms with Gasteiger partial charge in [0.15, 0.2) is 14.1 Å². The van der Waals surface area contributed by atoms with Crippen molar-refractivity contribution in [3.8, 4) is 0 Å². The molecule has 140 valence electrons. The molecule has 0 rings (SSSR count). The molecule has 0 aliphatic rings. The summed E-state index contributed by atoms with van der Waals surface area (Å²) in [7, 11) is -1.82. The Hall–Kier alpha value is -0.673. The van der Waals surface area contributed by atoms with E-state index >= 15 is 0 Å². The van der Waals surface area contributed by atoms with E-state index in [1.165, 1.54) is 0 Å². The highest BCUT2D eigenvalue weighted by molar-refractivity contribution is 6.77. The molecule has 0 aromatic rings. The Morgan fingerprint density at radius 3 is 1.92 bits per heavy atom. The van der Waals surface area contributed by atoms with Gasteiger partial charge in [-0.05, 0) is 41.5 Å². The van der Waals surface area contributed by atoms with Crippen molar-refractivity contribution in [2.75, 3.05) is 6.61 Å². The molecule has 0 aliphatic carbocycles. The molecular weight excluding hydrogens is 312 g/mol. The van der Waals surface area contributed by atoms with Gasteiger partial charge in [0.25, 0.3) is 0 Å². The first-order valence-electron chi connectivity index (χ1n) is 9.56. The van der Waals surface area contributed by atoms with Crippen molar-refractivity contribution >= 4 is 14.1 Å². The molecule has 2 atom stereocenters. The summed E-state index contributed by atoms with van der Waals surface area (Å²) in [6.07, 6.45) is 7.42. The minimum Gasteiger partial charge on any atom is -0.415 e. The monoisotopic (exact) mass is 352 g/mol. The molecule has 0 N–H and O–H groups in total. The zero-order chi connectivity index (χ0) is 18.9. The molecule has 0 radical (unpaired) electrons. The van der Waals surface area contributed by atoms with Crippen LogP contribution in [0.5, 0.6) is 0 Å². The third-order valence-electron chi connectivity index (χ3n) is 5.18. The summed E-state index contributed by atoms with van der Waals surface area (Å²) >= 11 is 0. The zero-order valence-corrected chi connectivity index (χ0v) is 18.3. The number of carbonyl (C=O) groups is 1. The fraction of sp³-hybridized carbons (Fsp3) is 0.762. The van der Waals surface area contributed by atoms with Crippen molar-refractivity contribution in [1.82, 2.24) is 0 Å². The first-order valence-corrected chi connectivity index (χ1v) is 11.7. The molecule has 0 aliphatic heterocycles. The van der Waals surface area contributed by atoms with E-state index in [2.05, 4.69) is 55.0 Å². The van der Waals surface area contributed by atoms with Crippen LogP contribution in [0, 0.1) is 11.8 Å². The van der Waals surface area contributed by atoms with Crippen LogP contribution in [-0.2, 0) is 9.22 Å². The van der Waals surface area contributed by atoms with Crippen LogP contribution in [0.15, 0.2) is 24.8 Å². The van der Waals surface area contributed by atoms with Gasteiger partial charge in [-0.15, -0.1) is 6.58 Å². The van der Waals surface area contributed by atoms with E-state index in [9.17, 15) is 4.79 Å². The fourth-order valence-corrected chi connectivity index (χ4v) is 9.32. The summed E-state index contributed by atoms with van der Waals surface area (Å²) in [5, 5.41) is 0. The van der Waals surface area contributed by atoms with Crippen molar-refractivity contribution < 1.29 is 9.22 Å². The SMILES string of the molecule is C=CCC[C@H](C)C(=O)/C=C/[C@H](C)CO[Si](C(C)C)(C(C)C)C(C)C. The summed E-state index contributed by atoms with van der Waals surface area (Å²) in [6.45, 7) is 22.4. The highest BCUT2D eigenvalue weighted by atomic mass is 28.4. The molecule has 0 spiro atoms. The van der Waals surface area contributed by atoms with Crippen molar-refractivity contribution in [3.63, 3.8) is 0 Å². The molecule has 0 unspecified atom stereocenters. The standard InChI is InChI=1S/C21H40O2Si/c1-10-11-12-20(9)21(22)14-13-19(8)15-23-24(16(2)3,17(4)5)18(6)7/h10,13-14,16-20H,1,11-12,15H2,2-9H3/b14-13+/t19-,20-/m0/s1. The molecule has 0 saturated carbocycles. The summed E-state index contributed by atoms with van der Waals surface area (Å²) in [4.78, 5) is 12.1. The van der Waals surface area contributed by atoms with Crippen molar-refractivity contribution in [3.05, 3.63) is 24.8 Å². The van der Waals surface area contributed by atoms with Gasteiger partial charge < -0.3 is 4.43 Å². The molecule has 0 aromatic heterocycles. The lowest BCUT2D eigenvalue weighted by molar-refractivity contribution is -0.117. The Labute approximate surface area is 151 Å². The minimum atomic E-state index is -1.82. The second kappa shape index (κ2) is 11.0. The highest BCUT2D eigenvalue weighted by Gasteiger charge is 2.45. The Balaban J connectivity index is 4.75. The molecule has 0 heterocycles. The Morgan fingerprint density at radius 2 is 1.50 bits per heavy atom. The van der Waals surface area contributed by atoms with Gasteiger partial charge in [-0.25, -0.2) is 0 Å². The maximum Gasteiger partial charge on any atom is 0.200 e. The Kier molecular flexibility index (Phi) is 10.7. The molecule has 0 amide bonds. The molecule has 24 heavy (non-hydrogen) atoms. The number of carbonyl (C=O) groups excluding carboxylic acids is 1. The second-order valence-electron chi connectivity index (χ2n) is 8.13.